The van der Waals surface area contributed by atoms with Crippen molar-refractivity contribution in [3.8, 4) is 5.75 Å². The Labute approximate surface area is 180 Å². The highest BCUT2D eigenvalue weighted by molar-refractivity contribution is 5.90. The molecule has 30 heavy (non-hydrogen) atoms. The maximum atomic E-state index is 13.0. The lowest BCUT2D eigenvalue weighted by Crippen LogP contribution is -2.46. The van der Waals surface area contributed by atoms with Crippen LogP contribution in [0.4, 0.5) is 0 Å². The zero-order chi connectivity index (χ0) is 21.8. The van der Waals surface area contributed by atoms with Gasteiger partial charge in [-0.3, -0.25) is 0 Å². The molecule has 4 heteroatoms. The quantitative estimate of drug-likeness (QED) is 0.541. The maximum absolute atomic E-state index is 13.0. The average molecular weight is 411 g/mol. The van der Waals surface area contributed by atoms with E-state index in [1.807, 2.05) is 50.2 Å². The summed E-state index contributed by atoms with van der Waals surface area (Å²) in [6, 6.07) is 13.6. The van der Waals surface area contributed by atoms with Crippen molar-refractivity contribution in [2.75, 3.05) is 0 Å². The van der Waals surface area contributed by atoms with E-state index >= 15 is 0 Å². The van der Waals surface area contributed by atoms with Gasteiger partial charge in [0.15, 0.2) is 0 Å². The van der Waals surface area contributed by atoms with E-state index in [1.54, 1.807) is 6.07 Å². The standard InChI is InChI=1S/C26H34O4/c1-7-23-19(5)18(4)20(6)26(29-23)30-25(27)22-13-16(2)17(3)24(14-22)28-15-21-11-9-8-10-12-21/h8-14,18-20,23,26H,7,15H2,1-6H3/t18-,19?,20-,23?,26?/m0/s1. The first-order valence-electron chi connectivity index (χ1n) is 11.0. The lowest BCUT2D eigenvalue weighted by atomic mass is 9.78. The third kappa shape index (κ3) is 4.86. The van der Waals surface area contributed by atoms with Crippen LogP contribution >= 0.6 is 0 Å². The third-order valence-electron chi connectivity index (χ3n) is 6.70. The summed E-state index contributed by atoms with van der Waals surface area (Å²) >= 11 is 0. The Morgan fingerprint density at radius 3 is 2.37 bits per heavy atom. The van der Waals surface area contributed by atoms with Crippen molar-refractivity contribution in [3.63, 3.8) is 0 Å². The fourth-order valence-electron chi connectivity index (χ4n) is 4.09. The SMILES string of the molecule is CCC1OC(OC(=O)c2cc(C)c(C)c(OCc3ccccc3)c2)[C@@H](C)[C@@H](C)C1C. The minimum absolute atomic E-state index is 0.110. The van der Waals surface area contributed by atoms with Gasteiger partial charge < -0.3 is 14.2 Å². The van der Waals surface area contributed by atoms with Gasteiger partial charge in [0.25, 0.3) is 0 Å². The summed E-state index contributed by atoms with van der Waals surface area (Å²) in [5, 5.41) is 0. The number of benzene rings is 2. The van der Waals surface area contributed by atoms with Crippen molar-refractivity contribution in [1.82, 2.24) is 0 Å². The minimum atomic E-state index is -0.524. The van der Waals surface area contributed by atoms with Crippen LogP contribution in [0.5, 0.6) is 5.75 Å². The monoisotopic (exact) mass is 410 g/mol. The first-order valence-corrected chi connectivity index (χ1v) is 11.0. The lowest BCUT2D eigenvalue weighted by molar-refractivity contribution is -0.224. The molecule has 162 valence electrons. The molecule has 0 spiro atoms. The summed E-state index contributed by atoms with van der Waals surface area (Å²) in [4.78, 5) is 13.0. The number of aryl methyl sites for hydroxylation is 1. The van der Waals surface area contributed by atoms with Crippen LogP contribution in [0.25, 0.3) is 0 Å². The van der Waals surface area contributed by atoms with Crippen molar-refractivity contribution in [2.45, 2.75) is 67.0 Å². The van der Waals surface area contributed by atoms with Gasteiger partial charge in [-0.1, -0.05) is 58.0 Å². The molecule has 3 rings (SSSR count). The van der Waals surface area contributed by atoms with E-state index in [0.29, 0.717) is 29.8 Å². The van der Waals surface area contributed by atoms with Gasteiger partial charge in [0.05, 0.1) is 11.7 Å². The molecule has 0 aliphatic carbocycles. The molecule has 2 aromatic rings. The topological polar surface area (TPSA) is 44.8 Å². The third-order valence-corrected chi connectivity index (χ3v) is 6.70. The Hall–Kier alpha value is -2.33. The normalized spacial score (nSPS) is 26.3. The molecule has 1 heterocycles. The van der Waals surface area contributed by atoms with E-state index in [-0.39, 0.29) is 18.0 Å². The smallest absolute Gasteiger partial charge is 0.340 e. The second-order valence-electron chi connectivity index (χ2n) is 8.62. The number of carbonyl (C=O) groups excluding carboxylic acids is 1. The number of esters is 1. The Morgan fingerprint density at radius 1 is 1.00 bits per heavy atom. The van der Waals surface area contributed by atoms with Gasteiger partial charge >= 0.3 is 5.97 Å². The van der Waals surface area contributed by atoms with E-state index in [0.717, 1.165) is 23.1 Å². The summed E-state index contributed by atoms with van der Waals surface area (Å²) in [6.07, 6.45) is 0.496. The molecule has 3 unspecified atom stereocenters. The number of hydrogen-bond acceptors (Lipinski definition) is 4. The zero-order valence-electron chi connectivity index (χ0n) is 19.0. The molecule has 1 aliphatic heterocycles. The molecule has 2 aromatic carbocycles. The number of rotatable bonds is 6. The van der Waals surface area contributed by atoms with Gasteiger partial charge in [-0.05, 0) is 60.9 Å². The predicted molar refractivity (Wildman–Crippen MR) is 119 cm³/mol. The largest absolute Gasteiger partial charge is 0.489 e. The van der Waals surface area contributed by atoms with E-state index in [1.165, 1.54) is 0 Å². The second kappa shape index (κ2) is 9.65. The van der Waals surface area contributed by atoms with Crippen molar-refractivity contribution < 1.29 is 19.0 Å². The molecule has 1 fully saturated rings. The lowest BCUT2D eigenvalue weighted by Gasteiger charge is -2.42. The highest BCUT2D eigenvalue weighted by atomic mass is 16.7. The Morgan fingerprint density at radius 2 is 1.70 bits per heavy atom. The minimum Gasteiger partial charge on any atom is -0.489 e. The predicted octanol–water partition coefficient (Wildman–Crippen LogP) is 6.08. The molecule has 5 atom stereocenters. The molecule has 1 aliphatic rings. The average Bonchev–Trinajstić information content (AvgIpc) is 2.75. The molecular weight excluding hydrogens is 376 g/mol. The maximum Gasteiger partial charge on any atom is 0.340 e. The molecule has 0 N–H and O–H groups in total. The Balaban J connectivity index is 1.74. The van der Waals surface area contributed by atoms with Crippen LogP contribution in [0.1, 0.15) is 61.2 Å². The molecule has 0 amide bonds. The van der Waals surface area contributed by atoms with E-state index in [9.17, 15) is 4.79 Å². The fraction of sp³-hybridized carbons (Fsp3) is 0.500. The van der Waals surface area contributed by atoms with Crippen LogP contribution < -0.4 is 4.74 Å². The van der Waals surface area contributed by atoms with Gasteiger partial charge in [0.1, 0.15) is 12.4 Å². The summed E-state index contributed by atoms with van der Waals surface area (Å²) in [5.41, 5.74) is 3.61. The number of carbonyl (C=O) groups is 1. The number of hydrogen-bond donors (Lipinski definition) is 0. The van der Waals surface area contributed by atoms with Crippen LogP contribution in [0.15, 0.2) is 42.5 Å². The van der Waals surface area contributed by atoms with Crippen molar-refractivity contribution in [3.05, 3.63) is 64.7 Å². The van der Waals surface area contributed by atoms with Gasteiger partial charge in [0, 0.05) is 5.92 Å². The summed E-state index contributed by atoms with van der Waals surface area (Å²) < 4.78 is 18.0. The van der Waals surface area contributed by atoms with Crippen LogP contribution in [0, 0.1) is 31.6 Å². The van der Waals surface area contributed by atoms with Gasteiger partial charge in [0.2, 0.25) is 6.29 Å². The molecule has 0 bridgehead atoms. The fourth-order valence-corrected chi connectivity index (χ4v) is 4.09. The van der Waals surface area contributed by atoms with E-state index in [4.69, 9.17) is 14.2 Å². The van der Waals surface area contributed by atoms with Crippen LogP contribution in [0.2, 0.25) is 0 Å². The van der Waals surface area contributed by atoms with Crippen LogP contribution in [-0.2, 0) is 16.1 Å². The second-order valence-corrected chi connectivity index (χ2v) is 8.62. The Bertz CT molecular complexity index is 859. The van der Waals surface area contributed by atoms with E-state index < -0.39 is 6.29 Å². The highest BCUT2D eigenvalue weighted by Gasteiger charge is 2.40. The molecule has 1 saturated heterocycles. The first kappa shape index (κ1) is 22.4. The summed E-state index contributed by atoms with van der Waals surface area (Å²) in [6.45, 7) is 13.1. The van der Waals surface area contributed by atoms with Gasteiger partial charge in [-0.25, -0.2) is 4.79 Å². The highest BCUT2D eigenvalue weighted by Crippen LogP contribution is 2.37. The zero-order valence-corrected chi connectivity index (χ0v) is 19.0. The van der Waals surface area contributed by atoms with Crippen LogP contribution in [0.3, 0.4) is 0 Å². The first-order chi connectivity index (χ1) is 14.3. The van der Waals surface area contributed by atoms with Crippen molar-refractivity contribution in [1.29, 1.82) is 0 Å². The van der Waals surface area contributed by atoms with Crippen molar-refractivity contribution >= 4 is 5.97 Å². The molecular formula is C26H34O4. The van der Waals surface area contributed by atoms with Gasteiger partial charge in [-0.2, -0.15) is 0 Å². The Kier molecular flexibility index (Phi) is 7.19. The number of ether oxygens (including phenoxy) is 3. The molecule has 0 radical (unpaired) electrons. The van der Waals surface area contributed by atoms with Crippen molar-refractivity contribution in [2.24, 2.45) is 17.8 Å². The summed E-state index contributed by atoms with van der Waals surface area (Å²) in [7, 11) is 0. The molecule has 4 nitrogen and oxygen atoms in total. The van der Waals surface area contributed by atoms with Crippen LogP contribution in [-0.4, -0.2) is 18.4 Å². The van der Waals surface area contributed by atoms with Gasteiger partial charge in [-0.15, -0.1) is 0 Å². The van der Waals surface area contributed by atoms with E-state index in [2.05, 4.69) is 27.7 Å². The molecule has 0 aromatic heterocycles. The molecule has 0 saturated carbocycles. The summed E-state index contributed by atoms with van der Waals surface area (Å²) in [5.74, 6) is 1.35.